The molecule has 1 rings (SSSR count). The minimum atomic E-state index is -0.777. The highest BCUT2D eigenvalue weighted by Crippen LogP contribution is 2.08. The second-order valence-electron chi connectivity index (χ2n) is 3.72. The summed E-state index contributed by atoms with van der Waals surface area (Å²) < 4.78 is 0. The van der Waals surface area contributed by atoms with Gasteiger partial charge in [0, 0.05) is 30.5 Å². The molecular formula is C10H16N2O3. The van der Waals surface area contributed by atoms with E-state index in [4.69, 9.17) is 5.11 Å². The highest BCUT2D eigenvalue weighted by atomic mass is 16.3. The number of aromatic amines is 1. The molecule has 1 heterocycles. The summed E-state index contributed by atoms with van der Waals surface area (Å²) >= 11 is 0. The van der Waals surface area contributed by atoms with Gasteiger partial charge in [-0.3, -0.25) is 4.79 Å². The van der Waals surface area contributed by atoms with Crippen LogP contribution in [0.4, 0.5) is 0 Å². The molecule has 5 nitrogen and oxygen atoms in total. The van der Waals surface area contributed by atoms with Gasteiger partial charge in [-0.2, -0.15) is 0 Å². The van der Waals surface area contributed by atoms with Gasteiger partial charge in [-0.25, -0.2) is 0 Å². The maximum absolute atomic E-state index is 11.1. The Kier molecular flexibility index (Phi) is 3.88. The summed E-state index contributed by atoms with van der Waals surface area (Å²) in [6.07, 6.45) is 0.400. The SMILES string of the molecule is CC(C)NC[C@@H](O)c1cc(=O)c(O)c[nH]1. The van der Waals surface area contributed by atoms with E-state index in [1.807, 2.05) is 13.8 Å². The first-order chi connectivity index (χ1) is 7.00. The van der Waals surface area contributed by atoms with Crippen molar-refractivity contribution in [1.29, 1.82) is 0 Å². The minimum Gasteiger partial charge on any atom is -0.503 e. The van der Waals surface area contributed by atoms with Crippen LogP contribution in [0.15, 0.2) is 17.1 Å². The Bertz CT molecular complexity index is 373. The molecule has 1 aromatic heterocycles. The van der Waals surface area contributed by atoms with E-state index in [0.29, 0.717) is 12.2 Å². The Balaban J connectivity index is 2.70. The topological polar surface area (TPSA) is 85.3 Å². The van der Waals surface area contributed by atoms with Gasteiger partial charge in [0.1, 0.15) is 6.10 Å². The smallest absolute Gasteiger partial charge is 0.223 e. The van der Waals surface area contributed by atoms with E-state index in [1.165, 1.54) is 12.3 Å². The van der Waals surface area contributed by atoms with Crippen LogP contribution in [0.2, 0.25) is 0 Å². The summed E-state index contributed by atoms with van der Waals surface area (Å²) in [7, 11) is 0. The molecule has 0 aromatic carbocycles. The summed E-state index contributed by atoms with van der Waals surface area (Å²) in [4.78, 5) is 13.7. The molecule has 0 saturated carbocycles. The van der Waals surface area contributed by atoms with Crippen molar-refractivity contribution >= 4 is 0 Å². The molecule has 0 aliphatic heterocycles. The number of hydrogen-bond acceptors (Lipinski definition) is 4. The van der Waals surface area contributed by atoms with Gasteiger partial charge < -0.3 is 20.5 Å². The molecule has 1 aromatic rings. The average molecular weight is 212 g/mol. The van der Waals surface area contributed by atoms with Gasteiger partial charge in [-0.15, -0.1) is 0 Å². The van der Waals surface area contributed by atoms with E-state index in [0.717, 1.165) is 0 Å². The molecule has 0 bridgehead atoms. The Morgan fingerprint density at radius 2 is 2.20 bits per heavy atom. The van der Waals surface area contributed by atoms with Gasteiger partial charge in [0.15, 0.2) is 5.75 Å². The van der Waals surface area contributed by atoms with Crippen molar-refractivity contribution in [2.24, 2.45) is 0 Å². The summed E-state index contributed by atoms with van der Waals surface area (Å²) in [5.74, 6) is -0.345. The first kappa shape index (κ1) is 11.7. The number of pyridine rings is 1. The Labute approximate surface area is 87.8 Å². The number of rotatable bonds is 4. The highest BCUT2D eigenvalue weighted by Gasteiger charge is 2.09. The van der Waals surface area contributed by atoms with Crippen molar-refractivity contribution in [3.63, 3.8) is 0 Å². The number of aromatic hydroxyl groups is 1. The van der Waals surface area contributed by atoms with Gasteiger partial charge in [0.2, 0.25) is 5.43 Å². The molecule has 0 fully saturated rings. The van der Waals surface area contributed by atoms with Crippen molar-refractivity contribution in [2.75, 3.05) is 6.54 Å². The zero-order valence-electron chi connectivity index (χ0n) is 8.82. The van der Waals surface area contributed by atoms with Crippen LogP contribution in [-0.2, 0) is 0 Å². The molecule has 0 saturated heterocycles. The third-order valence-corrected chi connectivity index (χ3v) is 1.99. The second-order valence-corrected chi connectivity index (χ2v) is 3.72. The van der Waals surface area contributed by atoms with E-state index < -0.39 is 11.5 Å². The zero-order valence-corrected chi connectivity index (χ0v) is 8.82. The minimum absolute atomic E-state index is 0.267. The Hall–Kier alpha value is -1.33. The third-order valence-electron chi connectivity index (χ3n) is 1.99. The predicted molar refractivity (Wildman–Crippen MR) is 56.8 cm³/mol. The maximum Gasteiger partial charge on any atom is 0.223 e. The number of H-pyrrole nitrogens is 1. The fourth-order valence-corrected chi connectivity index (χ4v) is 1.13. The molecule has 0 unspecified atom stereocenters. The van der Waals surface area contributed by atoms with Gasteiger partial charge in [0.25, 0.3) is 0 Å². The van der Waals surface area contributed by atoms with Crippen LogP contribution >= 0.6 is 0 Å². The fourth-order valence-electron chi connectivity index (χ4n) is 1.13. The van der Waals surface area contributed by atoms with Gasteiger partial charge in [0.05, 0.1) is 0 Å². The maximum atomic E-state index is 11.1. The van der Waals surface area contributed by atoms with Crippen molar-refractivity contribution in [3.8, 4) is 5.75 Å². The van der Waals surface area contributed by atoms with E-state index in [-0.39, 0.29) is 11.8 Å². The lowest BCUT2D eigenvalue weighted by Gasteiger charge is -2.13. The van der Waals surface area contributed by atoms with Crippen LogP contribution in [0.1, 0.15) is 25.6 Å². The molecule has 0 spiro atoms. The first-order valence-corrected chi connectivity index (χ1v) is 4.83. The molecule has 15 heavy (non-hydrogen) atoms. The number of hydrogen-bond donors (Lipinski definition) is 4. The van der Waals surface area contributed by atoms with Crippen LogP contribution in [0.3, 0.4) is 0 Å². The van der Waals surface area contributed by atoms with Crippen molar-refractivity contribution in [1.82, 2.24) is 10.3 Å². The fraction of sp³-hybridized carbons (Fsp3) is 0.500. The Morgan fingerprint density at radius 1 is 1.53 bits per heavy atom. The monoisotopic (exact) mass is 212 g/mol. The zero-order chi connectivity index (χ0) is 11.4. The van der Waals surface area contributed by atoms with E-state index in [2.05, 4.69) is 10.3 Å². The molecule has 1 atom stereocenters. The molecule has 5 heteroatoms. The summed E-state index contributed by atoms with van der Waals surface area (Å²) in [6.45, 7) is 4.29. The lowest BCUT2D eigenvalue weighted by Crippen LogP contribution is -2.28. The normalized spacial score (nSPS) is 13.1. The lowest BCUT2D eigenvalue weighted by molar-refractivity contribution is 0.167. The molecule has 0 aliphatic rings. The van der Waals surface area contributed by atoms with Crippen LogP contribution in [0.5, 0.6) is 5.75 Å². The first-order valence-electron chi connectivity index (χ1n) is 4.83. The van der Waals surface area contributed by atoms with Crippen molar-refractivity contribution < 1.29 is 10.2 Å². The van der Waals surface area contributed by atoms with Crippen molar-refractivity contribution in [3.05, 3.63) is 28.2 Å². The van der Waals surface area contributed by atoms with Crippen LogP contribution in [-0.4, -0.2) is 27.8 Å². The highest BCUT2D eigenvalue weighted by molar-refractivity contribution is 5.19. The van der Waals surface area contributed by atoms with E-state index >= 15 is 0 Å². The van der Waals surface area contributed by atoms with E-state index in [9.17, 15) is 9.90 Å². The quantitative estimate of drug-likeness (QED) is 0.570. The van der Waals surface area contributed by atoms with Crippen LogP contribution < -0.4 is 10.7 Å². The molecule has 0 radical (unpaired) electrons. The van der Waals surface area contributed by atoms with Crippen molar-refractivity contribution in [2.45, 2.75) is 26.0 Å². The molecule has 0 amide bonds. The van der Waals surface area contributed by atoms with Gasteiger partial charge in [-0.05, 0) is 0 Å². The Morgan fingerprint density at radius 3 is 2.73 bits per heavy atom. The van der Waals surface area contributed by atoms with Crippen LogP contribution in [0.25, 0.3) is 0 Å². The third kappa shape index (κ3) is 3.38. The van der Waals surface area contributed by atoms with Gasteiger partial charge >= 0.3 is 0 Å². The average Bonchev–Trinajstić information content (AvgIpc) is 2.18. The number of nitrogens with one attached hydrogen (secondary N) is 2. The summed E-state index contributed by atoms with van der Waals surface area (Å²) in [5, 5.41) is 21.7. The number of aliphatic hydroxyl groups is 1. The standard InChI is InChI=1S/C10H16N2O3/c1-6(2)11-4-9(14)7-3-8(13)10(15)5-12-7/h3,5-6,9,11,14-15H,4H2,1-2H3,(H,12,13)/t9-/m1/s1. The predicted octanol–water partition coefficient (Wildman–Crippen LogP) is 0.112. The number of aliphatic hydroxyl groups excluding tert-OH is 1. The molecular weight excluding hydrogens is 196 g/mol. The van der Waals surface area contributed by atoms with Gasteiger partial charge in [-0.1, -0.05) is 13.8 Å². The second kappa shape index (κ2) is 4.95. The van der Waals surface area contributed by atoms with E-state index in [1.54, 1.807) is 0 Å². The molecule has 84 valence electrons. The summed E-state index contributed by atoms with van der Waals surface area (Å²) in [6, 6.07) is 1.46. The number of aromatic nitrogens is 1. The van der Waals surface area contributed by atoms with Crippen LogP contribution in [0, 0.1) is 0 Å². The largest absolute Gasteiger partial charge is 0.503 e. The summed E-state index contributed by atoms with van der Waals surface area (Å²) in [5.41, 5.74) is -0.0988. The lowest BCUT2D eigenvalue weighted by atomic mass is 10.2. The molecule has 4 N–H and O–H groups in total. The molecule has 0 aliphatic carbocycles.